The lowest BCUT2D eigenvalue weighted by atomic mass is 9.89. The van der Waals surface area contributed by atoms with Crippen LogP contribution in [0.25, 0.3) is 0 Å². The van der Waals surface area contributed by atoms with E-state index in [9.17, 15) is 19.2 Å². The highest BCUT2D eigenvalue weighted by Gasteiger charge is 2.39. The van der Waals surface area contributed by atoms with Crippen LogP contribution in [-0.2, 0) is 28.5 Å². The summed E-state index contributed by atoms with van der Waals surface area (Å²) in [5, 5.41) is 5.22. The van der Waals surface area contributed by atoms with Crippen LogP contribution in [-0.4, -0.2) is 63.6 Å². The topological polar surface area (TPSA) is 129 Å². The van der Waals surface area contributed by atoms with E-state index in [0.717, 1.165) is 24.0 Å². The van der Waals surface area contributed by atoms with Gasteiger partial charge in [0.05, 0.1) is 0 Å². The number of hydrogen-bond acceptors (Lipinski definition) is 8. The fourth-order valence-corrected chi connectivity index (χ4v) is 3.76. The Balaban J connectivity index is 0.000000347. The number of carbonyl (C=O) groups is 4. The lowest BCUT2D eigenvalue weighted by molar-refractivity contribution is -0.139. The molecule has 2 saturated carbocycles. The molecule has 0 saturated heterocycles. The van der Waals surface area contributed by atoms with Crippen molar-refractivity contribution in [2.75, 3.05) is 39.5 Å². The van der Waals surface area contributed by atoms with E-state index in [1.54, 1.807) is 6.92 Å². The van der Waals surface area contributed by atoms with Crippen molar-refractivity contribution in [1.82, 2.24) is 10.6 Å². The molecule has 3 unspecified atom stereocenters. The zero-order chi connectivity index (χ0) is 23.8. The minimum absolute atomic E-state index is 0.0436. The molecular weight excluding hydrogens is 420 g/mol. The summed E-state index contributed by atoms with van der Waals surface area (Å²) in [5.41, 5.74) is 0. The lowest BCUT2D eigenvalue weighted by Crippen LogP contribution is -2.32. The van der Waals surface area contributed by atoms with E-state index in [1.165, 1.54) is 25.7 Å². The Labute approximate surface area is 188 Å². The van der Waals surface area contributed by atoms with Crippen LogP contribution >= 0.6 is 0 Å². The van der Waals surface area contributed by atoms with Gasteiger partial charge < -0.3 is 29.6 Å². The van der Waals surface area contributed by atoms with Crippen LogP contribution in [0.1, 0.15) is 32.6 Å². The third-order valence-corrected chi connectivity index (χ3v) is 5.17. The Kier molecular flexibility index (Phi) is 13.3. The summed E-state index contributed by atoms with van der Waals surface area (Å²) in [5.74, 6) is 1.25. The van der Waals surface area contributed by atoms with Gasteiger partial charge in [-0.25, -0.2) is 19.2 Å². The minimum atomic E-state index is -0.528. The fraction of sp³-hybridized carbons (Fsp3) is 0.636. The minimum Gasteiger partial charge on any atom is -0.459 e. The van der Waals surface area contributed by atoms with Crippen molar-refractivity contribution in [1.29, 1.82) is 0 Å². The van der Waals surface area contributed by atoms with Gasteiger partial charge in [0, 0.05) is 25.2 Å². The van der Waals surface area contributed by atoms with Gasteiger partial charge in [-0.2, -0.15) is 0 Å². The summed E-state index contributed by atoms with van der Waals surface area (Å²) in [4.78, 5) is 43.3. The van der Waals surface area contributed by atoms with Gasteiger partial charge in [0.25, 0.3) is 0 Å². The number of esters is 2. The van der Waals surface area contributed by atoms with Crippen LogP contribution in [0.4, 0.5) is 9.59 Å². The van der Waals surface area contributed by atoms with Gasteiger partial charge in [0.15, 0.2) is 0 Å². The average Bonchev–Trinajstić information content (AvgIpc) is 3.42. The fourth-order valence-electron chi connectivity index (χ4n) is 3.76. The molecule has 2 amide bonds. The van der Waals surface area contributed by atoms with Crippen LogP contribution in [0.5, 0.6) is 0 Å². The summed E-state index contributed by atoms with van der Waals surface area (Å²) in [6.07, 6.45) is 6.42. The van der Waals surface area contributed by atoms with E-state index < -0.39 is 24.1 Å². The molecule has 3 atom stereocenters. The first-order valence-electron chi connectivity index (χ1n) is 10.8. The number of ether oxygens (including phenoxy) is 4. The largest absolute Gasteiger partial charge is 0.459 e. The van der Waals surface area contributed by atoms with Gasteiger partial charge in [-0.3, -0.25) is 0 Å². The normalized spacial score (nSPS) is 20.1. The maximum absolute atomic E-state index is 11.4. The monoisotopic (exact) mass is 454 g/mol. The third kappa shape index (κ3) is 11.4. The van der Waals surface area contributed by atoms with E-state index in [-0.39, 0.29) is 26.4 Å². The van der Waals surface area contributed by atoms with E-state index in [0.29, 0.717) is 19.0 Å². The SMILES string of the molecule is C=CC(=O)OCCOC(=O)NCC.C=CC(=O)OCCOC(=O)NCC1CC2CCC1C2. The molecule has 0 spiro atoms. The van der Waals surface area contributed by atoms with Crippen LogP contribution < -0.4 is 10.6 Å². The molecule has 180 valence electrons. The van der Waals surface area contributed by atoms with Gasteiger partial charge in [0.2, 0.25) is 0 Å². The molecule has 2 aliphatic carbocycles. The van der Waals surface area contributed by atoms with E-state index in [1.807, 2.05) is 0 Å². The van der Waals surface area contributed by atoms with Crippen molar-refractivity contribution in [3.63, 3.8) is 0 Å². The van der Waals surface area contributed by atoms with Crippen LogP contribution in [0, 0.1) is 17.8 Å². The Morgan fingerprint density at radius 2 is 1.34 bits per heavy atom. The first kappa shape index (κ1) is 27.0. The number of nitrogens with one attached hydrogen (secondary N) is 2. The predicted octanol–water partition coefficient (Wildman–Crippen LogP) is 2.34. The maximum atomic E-state index is 11.4. The molecule has 0 aromatic heterocycles. The molecular formula is C22H34N2O8. The number of fused-ring (bicyclic) bond motifs is 2. The molecule has 32 heavy (non-hydrogen) atoms. The molecule has 10 nitrogen and oxygen atoms in total. The summed E-state index contributed by atoms with van der Waals surface area (Å²) in [6.45, 7) is 9.69. The quantitative estimate of drug-likeness (QED) is 0.211. The number of amides is 2. The molecule has 0 aromatic rings. The summed E-state index contributed by atoms with van der Waals surface area (Å²) < 4.78 is 18.8. The first-order chi connectivity index (χ1) is 15.4. The Morgan fingerprint density at radius 3 is 1.78 bits per heavy atom. The molecule has 0 heterocycles. The van der Waals surface area contributed by atoms with Crippen molar-refractivity contribution in [2.45, 2.75) is 32.6 Å². The highest BCUT2D eigenvalue weighted by Crippen LogP contribution is 2.47. The molecule has 2 fully saturated rings. The van der Waals surface area contributed by atoms with E-state index in [2.05, 4.69) is 33.3 Å². The highest BCUT2D eigenvalue weighted by atomic mass is 16.6. The molecule has 0 aliphatic heterocycles. The lowest BCUT2D eigenvalue weighted by Gasteiger charge is -2.21. The second-order valence-electron chi connectivity index (χ2n) is 7.36. The van der Waals surface area contributed by atoms with Crippen molar-refractivity contribution in [3.8, 4) is 0 Å². The van der Waals surface area contributed by atoms with Crippen LogP contribution in [0.2, 0.25) is 0 Å². The number of alkyl carbamates (subject to hydrolysis) is 2. The Hall–Kier alpha value is -3.04. The standard InChI is InChI=1S/C14H21NO4.C8H13NO4/c1-2-13(16)18-5-6-19-14(17)15-9-12-8-10-3-4-11(12)7-10;1-3-7(10)12-5-6-13-8(11)9-4-2/h2,10-12H,1,3-9H2,(H,15,17);3H,1,4-6H2,2H3,(H,9,11). The maximum Gasteiger partial charge on any atom is 0.407 e. The molecule has 2 N–H and O–H groups in total. The van der Waals surface area contributed by atoms with E-state index >= 15 is 0 Å². The molecule has 10 heteroatoms. The number of carbonyl (C=O) groups excluding carboxylic acids is 4. The second kappa shape index (κ2) is 15.7. The first-order valence-corrected chi connectivity index (χ1v) is 10.8. The second-order valence-corrected chi connectivity index (χ2v) is 7.36. The number of rotatable bonds is 11. The molecule has 0 radical (unpaired) electrons. The van der Waals surface area contributed by atoms with Gasteiger partial charge in [-0.05, 0) is 43.9 Å². The van der Waals surface area contributed by atoms with Gasteiger partial charge >= 0.3 is 24.1 Å². The van der Waals surface area contributed by atoms with Crippen molar-refractivity contribution in [3.05, 3.63) is 25.3 Å². The Morgan fingerprint density at radius 1 is 0.812 bits per heavy atom. The average molecular weight is 455 g/mol. The summed E-state index contributed by atoms with van der Waals surface area (Å²) >= 11 is 0. The Bertz CT molecular complexity index is 652. The summed E-state index contributed by atoms with van der Waals surface area (Å²) in [6, 6.07) is 0. The van der Waals surface area contributed by atoms with Crippen molar-refractivity contribution < 1.29 is 38.1 Å². The molecule has 2 bridgehead atoms. The van der Waals surface area contributed by atoms with Crippen LogP contribution in [0.15, 0.2) is 25.3 Å². The van der Waals surface area contributed by atoms with Gasteiger partial charge in [0.1, 0.15) is 26.4 Å². The highest BCUT2D eigenvalue weighted by molar-refractivity contribution is 5.81. The summed E-state index contributed by atoms with van der Waals surface area (Å²) in [7, 11) is 0. The van der Waals surface area contributed by atoms with Crippen LogP contribution in [0.3, 0.4) is 0 Å². The molecule has 2 rings (SSSR count). The number of hydrogen-bond donors (Lipinski definition) is 2. The van der Waals surface area contributed by atoms with Gasteiger partial charge in [-0.1, -0.05) is 19.6 Å². The van der Waals surface area contributed by atoms with Crippen molar-refractivity contribution >= 4 is 24.1 Å². The third-order valence-electron chi connectivity index (χ3n) is 5.17. The zero-order valence-electron chi connectivity index (χ0n) is 18.6. The molecule has 2 aliphatic rings. The predicted molar refractivity (Wildman–Crippen MR) is 116 cm³/mol. The van der Waals surface area contributed by atoms with Crippen molar-refractivity contribution in [2.24, 2.45) is 17.8 Å². The van der Waals surface area contributed by atoms with E-state index in [4.69, 9.17) is 9.47 Å². The molecule has 0 aromatic carbocycles. The smallest absolute Gasteiger partial charge is 0.407 e. The zero-order valence-corrected chi connectivity index (χ0v) is 18.6. The van der Waals surface area contributed by atoms with Gasteiger partial charge in [-0.15, -0.1) is 0 Å².